The highest BCUT2D eigenvalue weighted by atomic mass is 16.7. The van der Waals surface area contributed by atoms with E-state index in [1.807, 2.05) is 0 Å². The van der Waals surface area contributed by atoms with Crippen molar-refractivity contribution in [2.24, 2.45) is 0 Å². The first-order valence-corrected chi connectivity index (χ1v) is 6.39. The fraction of sp³-hybridized carbons (Fsp3) is 0.545. The van der Waals surface area contributed by atoms with Crippen molar-refractivity contribution in [3.63, 3.8) is 0 Å². The molecule has 2 fully saturated rings. The van der Waals surface area contributed by atoms with Crippen LogP contribution >= 0.6 is 0 Å². The summed E-state index contributed by atoms with van der Waals surface area (Å²) in [6.45, 7) is -0.204. The predicted molar refractivity (Wildman–Crippen MR) is 69.8 cm³/mol. The van der Waals surface area contributed by atoms with E-state index in [1.54, 1.807) is 4.57 Å². The monoisotopic (exact) mass is 294 g/mol. The molecule has 2 aliphatic rings. The van der Waals surface area contributed by atoms with Gasteiger partial charge in [-0.05, 0) is 0 Å². The molecule has 2 aromatic heterocycles. The molecule has 6 N–H and O–H groups in total. The number of anilines is 2. The Kier molecular flexibility index (Phi) is 2.43. The Morgan fingerprint density at radius 1 is 1.43 bits per heavy atom. The number of aromatic nitrogens is 4. The largest absolute Gasteiger partial charge is 0.393 e. The first kappa shape index (κ1) is 12.7. The number of nitrogens with two attached hydrogens (primary N) is 2. The molecule has 112 valence electrons. The van der Waals surface area contributed by atoms with Gasteiger partial charge in [0.2, 0.25) is 5.95 Å². The molecule has 2 aromatic rings. The Bertz CT molecular complexity index is 720. The number of hydrogen-bond donors (Lipinski definition) is 4. The molecule has 2 saturated heterocycles. The van der Waals surface area contributed by atoms with Crippen molar-refractivity contribution in [3.05, 3.63) is 6.33 Å². The van der Waals surface area contributed by atoms with Crippen molar-refractivity contribution >= 4 is 22.9 Å². The molecule has 2 aliphatic heterocycles. The average molecular weight is 294 g/mol. The van der Waals surface area contributed by atoms with Gasteiger partial charge in [0.25, 0.3) is 0 Å². The second kappa shape index (κ2) is 4.01. The summed E-state index contributed by atoms with van der Waals surface area (Å²) in [7, 11) is 0. The lowest BCUT2D eigenvalue weighted by Crippen LogP contribution is -2.44. The van der Waals surface area contributed by atoms with E-state index in [2.05, 4.69) is 15.0 Å². The zero-order valence-corrected chi connectivity index (χ0v) is 10.9. The lowest BCUT2D eigenvalue weighted by atomic mass is 10.0. The molecule has 0 spiro atoms. The maximum atomic E-state index is 10.2. The Morgan fingerprint density at radius 3 is 2.95 bits per heavy atom. The van der Waals surface area contributed by atoms with Crippen LogP contribution in [-0.2, 0) is 9.47 Å². The topological polar surface area (TPSA) is 155 Å². The minimum atomic E-state index is -1.12. The Labute approximate surface area is 118 Å². The van der Waals surface area contributed by atoms with Gasteiger partial charge in [0.1, 0.15) is 23.3 Å². The fourth-order valence-corrected chi connectivity index (χ4v) is 2.90. The van der Waals surface area contributed by atoms with Crippen LogP contribution in [0.2, 0.25) is 0 Å². The number of nitrogens with zero attached hydrogens (tertiary/aromatic N) is 4. The molecule has 10 heteroatoms. The van der Waals surface area contributed by atoms with Gasteiger partial charge in [0.15, 0.2) is 17.7 Å². The Hall–Kier alpha value is -2.01. The standard InChI is InChI=1S/C11H14N6O4/c12-7-4-8(16-10(13)15-7)17(3-14-4)9-5-6(19)11(1-18,21-9)2-20-5/h3,5-6,9,18-19H,1-2H2,(H4,12,13,15,16). The van der Waals surface area contributed by atoms with Crippen molar-refractivity contribution < 1.29 is 19.7 Å². The maximum absolute atomic E-state index is 10.2. The normalized spacial score (nSPS) is 34.9. The minimum Gasteiger partial charge on any atom is -0.393 e. The molecule has 4 atom stereocenters. The van der Waals surface area contributed by atoms with Crippen LogP contribution in [0.15, 0.2) is 6.33 Å². The van der Waals surface area contributed by atoms with Crippen LogP contribution in [0.3, 0.4) is 0 Å². The quantitative estimate of drug-likeness (QED) is 0.492. The molecular weight excluding hydrogens is 280 g/mol. The van der Waals surface area contributed by atoms with E-state index in [0.717, 1.165) is 0 Å². The molecule has 4 unspecified atom stereocenters. The summed E-state index contributed by atoms with van der Waals surface area (Å²) in [4.78, 5) is 12.1. The molecule has 4 heterocycles. The fourth-order valence-electron chi connectivity index (χ4n) is 2.90. The van der Waals surface area contributed by atoms with E-state index in [-0.39, 0.29) is 25.0 Å². The van der Waals surface area contributed by atoms with Crippen molar-refractivity contribution in [1.29, 1.82) is 0 Å². The van der Waals surface area contributed by atoms with Gasteiger partial charge < -0.3 is 31.2 Å². The van der Waals surface area contributed by atoms with Crippen LogP contribution in [0.1, 0.15) is 6.23 Å². The highest BCUT2D eigenvalue weighted by molar-refractivity contribution is 5.82. The predicted octanol–water partition coefficient (Wildman–Crippen LogP) is -1.99. The number of ether oxygens (including phenoxy) is 2. The van der Waals surface area contributed by atoms with Gasteiger partial charge in [-0.25, -0.2) is 4.98 Å². The number of imidazole rings is 1. The number of fused-ring (bicyclic) bond motifs is 3. The molecule has 0 saturated carbocycles. The van der Waals surface area contributed by atoms with Gasteiger partial charge in [-0.3, -0.25) is 4.57 Å². The maximum Gasteiger partial charge on any atom is 0.224 e. The smallest absolute Gasteiger partial charge is 0.224 e. The lowest BCUT2D eigenvalue weighted by molar-refractivity contribution is -0.185. The zero-order chi connectivity index (χ0) is 14.8. The summed E-state index contributed by atoms with van der Waals surface area (Å²) in [6.07, 6.45) is -0.741. The average Bonchev–Trinajstić information content (AvgIpc) is 3.09. The first-order valence-electron chi connectivity index (χ1n) is 6.39. The third-order valence-electron chi connectivity index (χ3n) is 4.01. The third-order valence-corrected chi connectivity index (χ3v) is 4.01. The van der Waals surface area contributed by atoms with Crippen molar-refractivity contribution in [1.82, 2.24) is 19.5 Å². The van der Waals surface area contributed by atoms with Crippen molar-refractivity contribution in [2.75, 3.05) is 24.7 Å². The summed E-state index contributed by atoms with van der Waals surface area (Å²) < 4.78 is 12.9. The number of aliphatic hydroxyl groups is 2. The molecule has 0 amide bonds. The second-order valence-electron chi connectivity index (χ2n) is 5.24. The van der Waals surface area contributed by atoms with Crippen LogP contribution in [-0.4, -0.2) is 60.8 Å². The molecule has 0 aromatic carbocycles. The van der Waals surface area contributed by atoms with Crippen LogP contribution < -0.4 is 11.5 Å². The molecule has 10 nitrogen and oxygen atoms in total. The zero-order valence-electron chi connectivity index (χ0n) is 10.9. The van der Waals surface area contributed by atoms with Crippen molar-refractivity contribution in [2.45, 2.75) is 24.0 Å². The van der Waals surface area contributed by atoms with Gasteiger partial charge in [0.05, 0.1) is 19.5 Å². The molecule has 0 aliphatic carbocycles. The summed E-state index contributed by atoms with van der Waals surface area (Å²) in [6, 6.07) is 0. The number of rotatable bonds is 2. The van der Waals surface area contributed by atoms with E-state index in [1.165, 1.54) is 6.33 Å². The van der Waals surface area contributed by atoms with Gasteiger partial charge in [-0.15, -0.1) is 0 Å². The van der Waals surface area contributed by atoms with E-state index in [9.17, 15) is 10.2 Å². The number of aliphatic hydroxyl groups excluding tert-OH is 2. The highest BCUT2D eigenvalue weighted by Crippen LogP contribution is 2.45. The van der Waals surface area contributed by atoms with Crippen LogP contribution in [0.5, 0.6) is 0 Å². The third kappa shape index (κ3) is 1.52. The van der Waals surface area contributed by atoms with Gasteiger partial charge in [0, 0.05) is 0 Å². The van der Waals surface area contributed by atoms with Gasteiger partial charge in [-0.2, -0.15) is 9.97 Å². The van der Waals surface area contributed by atoms with Crippen LogP contribution in [0, 0.1) is 0 Å². The van der Waals surface area contributed by atoms with E-state index in [0.29, 0.717) is 11.2 Å². The Balaban J connectivity index is 1.82. The molecular formula is C11H14N6O4. The lowest BCUT2D eigenvalue weighted by Gasteiger charge is -2.29. The van der Waals surface area contributed by atoms with E-state index < -0.39 is 24.0 Å². The second-order valence-corrected chi connectivity index (χ2v) is 5.24. The highest BCUT2D eigenvalue weighted by Gasteiger charge is 2.61. The number of hydrogen-bond acceptors (Lipinski definition) is 9. The SMILES string of the molecule is Nc1nc(N)c2ncn(C3OC4(CO)COC3C4O)c2n1. The van der Waals surface area contributed by atoms with Gasteiger partial charge in [-0.1, -0.05) is 0 Å². The summed E-state index contributed by atoms with van der Waals surface area (Å²) in [5.41, 5.74) is 11.0. The Morgan fingerprint density at radius 2 is 2.24 bits per heavy atom. The van der Waals surface area contributed by atoms with Gasteiger partial charge >= 0.3 is 0 Å². The van der Waals surface area contributed by atoms with Crippen LogP contribution in [0.25, 0.3) is 11.2 Å². The first-order chi connectivity index (χ1) is 10.1. The summed E-state index contributed by atoms with van der Waals surface area (Å²) in [5.74, 6) is 0.181. The minimum absolute atomic E-state index is 0.0169. The van der Waals surface area contributed by atoms with E-state index >= 15 is 0 Å². The van der Waals surface area contributed by atoms with E-state index in [4.69, 9.17) is 20.9 Å². The van der Waals surface area contributed by atoms with Crippen molar-refractivity contribution in [3.8, 4) is 0 Å². The van der Waals surface area contributed by atoms with Crippen LogP contribution in [0.4, 0.5) is 11.8 Å². The number of nitrogen functional groups attached to an aromatic ring is 2. The summed E-state index contributed by atoms with van der Waals surface area (Å²) in [5, 5.41) is 19.7. The summed E-state index contributed by atoms with van der Waals surface area (Å²) >= 11 is 0. The molecule has 21 heavy (non-hydrogen) atoms. The molecule has 0 radical (unpaired) electrons. The molecule has 2 bridgehead atoms. The molecule has 4 rings (SSSR count).